The second-order valence-electron chi connectivity index (χ2n) is 7.41. The van der Waals surface area contributed by atoms with Gasteiger partial charge in [0.25, 0.3) is 0 Å². The fourth-order valence-corrected chi connectivity index (χ4v) is 3.02. The van der Waals surface area contributed by atoms with E-state index in [2.05, 4.69) is 48.3 Å². The Kier molecular flexibility index (Phi) is 9.36. The number of hydrogen-bond acceptors (Lipinski definition) is 4. The van der Waals surface area contributed by atoms with E-state index >= 15 is 0 Å². The van der Waals surface area contributed by atoms with Crippen molar-refractivity contribution >= 4 is 29.9 Å². The van der Waals surface area contributed by atoms with E-state index in [4.69, 9.17) is 9.15 Å². The van der Waals surface area contributed by atoms with Crippen molar-refractivity contribution in [3.8, 4) is 0 Å². The highest BCUT2D eigenvalue weighted by molar-refractivity contribution is 14.0. The lowest BCUT2D eigenvalue weighted by Gasteiger charge is -2.52. The molecule has 1 heterocycles. The van der Waals surface area contributed by atoms with E-state index in [1.807, 2.05) is 13.8 Å². The average Bonchev–Trinajstić information content (AvgIpc) is 2.89. The molecule has 1 saturated carbocycles. The Balaban J connectivity index is 0.00000338. The summed E-state index contributed by atoms with van der Waals surface area (Å²) < 4.78 is 11.6. The van der Waals surface area contributed by atoms with Gasteiger partial charge in [-0.05, 0) is 33.6 Å². The minimum atomic E-state index is 0. The summed E-state index contributed by atoms with van der Waals surface area (Å²) in [6.07, 6.45) is 3.63. The predicted octanol–water partition coefficient (Wildman–Crippen LogP) is 3.95. The summed E-state index contributed by atoms with van der Waals surface area (Å²) in [4.78, 5) is 9.01. The lowest BCUT2D eigenvalue weighted by atomic mass is 9.64. The van der Waals surface area contributed by atoms with Crippen molar-refractivity contribution in [2.75, 3.05) is 13.2 Å². The molecular formula is C19H35IN4O2. The van der Waals surface area contributed by atoms with Gasteiger partial charge in [-0.3, -0.25) is 0 Å². The summed E-state index contributed by atoms with van der Waals surface area (Å²) >= 11 is 0. The minimum Gasteiger partial charge on any atom is -0.444 e. The first-order valence-electron chi connectivity index (χ1n) is 9.47. The standard InChI is InChI=1S/C19H34N4O2.HI/c1-7-9-10-24-16-11-15(19(16,5)6)23-18(20-8-2)21-12-17-22-13(3)14(4)25-17;/h15-16H,7-12H2,1-6H3,(H2,20,21,23);1H. The van der Waals surface area contributed by atoms with Gasteiger partial charge in [0.2, 0.25) is 5.89 Å². The molecule has 7 heteroatoms. The molecule has 26 heavy (non-hydrogen) atoms. The number of unbranched alkanes of at least 4 members (excludes halogenated alkanes) is 1. The molecule has 2 unspecified atom stereocenters. The zero-order valence-electron chi connectivity index (χ0n) is 17.0. The summed E-state index contributed by atoms with van der Waals surface area (Å²) in [6, 6.07) is 0.352. The molecule has 0 radical (unpaired) electrons. The number of ether oxygens (including phenoxy) is 1. The Labute approximate surface area is 175 Å². The highest BCUT2D eigenvalue weighted by atomic mass is 127. The largest absolute Gasteiger partial charge is 0.444 e. The van der Waals surface area contributed by atoms with Gasteiger partial charge in [-0.2, -0.15) is 0 Å². The van der Waals surface area contributed by atoms with Crippen molar-refractivity contribution in [3.63, 3.8) is 0 Å². The zero-order chi connectivity index (χ0) is 18.4. The second-order valence-corrected chi connectivity index (χ2v) is 7.41. The zero-order valence-corrected chi connectivity index (χ0v) is 19.3. The Morgan fingerprint density at radius 2 is 2.08 bits per heavy atom. The molecule has 150 valence electrons. The predicted molar refractivity (Wildman–Crippen MR) is 116 cm³/mol. The van der Waals surface area contributed by atoms with Crippen molar-refractivity contribution < 1.29 is 9.15 Å². The van der Waals surface area contributed by atoms with Crippen LogP contribution in [0.3, 0.4) is 0 Å². The Morgan fingerprint density at radius 1 is 1.35 bits per heavy atom. The number of hydrogen-bond donors (Lipinski definition) is 2. The van der Waals surface area contributed by atoms with E-state index in [0.717, 1.165) is 43.4 Å². The third-order valence-corrected chi connectivity index (χ3v) is 5.10. The topological polar surface area (TPSA) is 71.7 Å². The van der Waals surface area contributed by atoms with Gasteiger partial charge < -0.3 is 19.8 Å². The third-order valence-electron chi connectivity index (χ3n) is 5.10. The van der Waals surface area contributed by atoms with Crippen LogP contribution in [-0.2, 0) is 11.3 Å². The number of aryl methyl sites for hydroxylation is 2. The molecule has 1 fully saturated rings. The van der Waals surface area contributed by atoms with Crippen molar-refractivity contribution in [2.45, 2.75) is 79.5 Å². The minimum absolute atomic E-state index is 0. The van der Waals surface area contributed by atoms with E-state index in [-0.39, 0.29) is 29.4 Å². The summed E-state index contributed by atoms with van der Waals surface area (Å²) in [5, 5.41) is 6.85. The summed E-state index contributed by atoms with van der Waals surface area (Å²) in [5.74, 6) is 2.32. The lowest BCUT2D eigenvalue weighted by molar-refractivity contribution is -0.113. The summed E-state index contributed by atoms with van der Waals surface area (Å²) in [7, 11) is 0. The molecule has 0 aromatic carbocycles. The average molecular weight is 478 g/mol. The Morgan fingerprint density at radius 3 is 2.62 bits per heavy atom. The second kappa shape index (κ2) is 10.5. The molecule has 1 aliphatic carbocycles. The maximum absolute atomic E-state index is 6.03. The van der Waals surface area contributed by atoms with E-state index in [9.17, 15) is 0 Å². The van der Waals surface area contributed by atoms with Crippen LogP contribution in [0.25, 0.3) is 0 Å². The van der Waals surface area contributed by atoms with Crippen LogP contribution in [0.15, 0.2) is 9.41 Å². The molecule has 1 aromatic heterocycles. The number of aromatic nitrogens is 1. The van der Waals surface area contributed by atoms with Gasteiger partial charge in [0.05, 0.1) is 11.8 Å². The molecule has 2 atom stereocenters. The number of nitrogens with one attached hydrogen (secondary N) is 2. The summed E-state index contributed by atoms with van der Waals surface area (Å²) in [5.41, 5.74) is 1.02. The third kappa shape index (κ3) is 5.84. The highest BCUT2D eigenvalue weighted by Crippen LogP contribution is 2.42. The first kappa shape index (κ1) is 23.2. The van der Waals surface area contributed by atoms with E-state index < -0.39 is 0 Å². The van der Waals surface area contributed by atoms with Gasteiger partial charge >= 0.3 is 0 Å². The molecule has 0 saturated heterocycles. The molecule has 0 bridgehead atoms. The van der Waals surface area contributed by atoms with E-state index in [0.29, 0.717) is 24.6 Å². The molecule has 6 nitrogen and oxygen atoms in total. The number of halogens is 1. The molecular weight excluding hydrogens is 443 g/mol. The number of aliphatic imine (C=N–C) groups is 1. The van der Waals surface area contributed by atoms with Gasteiger partial charge in [0, 0.05) is 24.6 Å². The first-order chi connectivity index (χ1) is 11.9. The molecule has 0 aliphatic heterocycles. The molecule has 1 aromatic rings. The van der Waals surface area contributed by atoms with Gasteiger partial charge in [-0.15, -0.1) is 24.0 Å². The molecule has 0 spiro atoms. The normalized spacial score (nSPS) is 21.7. The molecule has 0 amide bonds. The van der Waals surface area contributed by atoms with Crippen molar-refractivity contribution in [1.29, 1.82) is 0 Å². The number of rotatable bonds is 8. The SMILES string of the molecule is CCCCOC1CC(NC(=NCc2nc(C)c(C)o2)NCC)C1(C)C.I. The quantitative estimate of drug-likeness (QED) is 0.256. The van der Waals surface area contributed by atoms with Crippen LogP contribution in [0.4, 0.5) is 0 Å². The number of guanidine groups is 1. The number of nitrogens with zero attached hydrogens (tertiary/aromatic N) is 2. The van der Waals surface area contributed by atoms with Crippen LogP contribution >= 0.6 is 24.0 Å². The van der Waals surface area contributed by atoms with Crippen LogP contribution in [0.5, 0.6) is 0 Å². The fraction of sp³-hybridized carbons (Fsp3) is 0.789. The summed E-state index contributed by atoms with van der Waals surface area (Å²) in [6.45, 7) is 14.8. The maximum Gasteiger partial charge on any atom is 0.216 e. The molecule has 1 aliphatic rings. The Hall–Kier alpha value is -0.830. The highest BCUT2D eigenvalue weighted by Gasteiger charge is 2.49. The smallest absolute Gasteiger partial charge is 0.216 e. The van der Waals surface area contributed by atoms with E-state index in [1.165, 1.54) is 6.42 Å². The van der Waals surface area contributed by atoms with Crippen LogP contribution in [0.1, 0.15) is 64.3 Å². The maximum atomic E-state index is 6.03. The van der Waals surface area contributed by atoms with Gasteiger partial charge in [-0.1, -0.05) is 27.2 Å². The van der Waals surface area contributed by atoms with Gasteiger partial charge in [0.1, 0.15) is 12.3 Å². The molecule has 2 rings (SSSR count). The van der Waals surface area contributed by atoms with E-state index in [1.54, 1.807) is 0 Å². The van der Waals surface area contributed by atoms with Crippen LogP contribution in [-0.4, -0.2) is 36.2 Å². The fourth-order valence-electron chi connectivity index (χ4n) is 3.02. The Bertz CT molecular complexity index is 567. The van der Waals surface area contributed by atoms with Crippen LogP contribution in [0, 0.1) is 19.3 Å². The first-order valence-corrected chi connectivity index (χ1v) is 9.47. The van der Waals surface area contributed by atoms with Gasteiger partial charge in [0.15, 0.2) is 5.96 Å². The van der Waals surface area contributed by atoms with Gasteiger partial charge in [-0.25, -0.2) is 9.98 Å². The monoisotopic (exact) mass is 478 g/mol. The lowest BCUT2D eigenvalue weighted by Crippen LogP contribution is -2.63. The van der Waals surface area contributed by atoms with Crippen molar-refractivity contribution in [3.05, 3.63) is 17.3 Å². The van der Waals surface area contributed by atoms with Crippen molar-refractivity contribution in [2.24, 2.45) is 10.4 Å². The van der Waals surface area contributed by atoms with Crippen LogP contribution < -0.4 is 10.6 Å². The van der Waals surface area contributed by atoms with Crippen LogP contribution in [0.2, 0.25) is 0 Å². The number of oxazole rings is 1. The van der Waals surface area contributed by atoms with Crippen molar-refractivity contribution in [1.82, 2.24) is 15.6 Å². The molecule has 2 N–H and O–H groups in total.